The highest BCUT2D eigenvalue weighted by Crippen LogP contribution is 2.29. The highest BCUT2D eigenvalue weighted by atomic mass is 16.4. The van der Waals surface area contributed by atoms with Crippen molar-refractivity contribution in [1.82, 2.24) is 9.80 Å². The molecule has 0 spiro atoms. The molecule has 0 unspecified atom stereocenters. The minimum atomic E-state index is -0.993. The van der Waals surface area contributed by atoms with Gasteiger partial charge in [-0.25, -0.2) is 9.59 Å². The Hall–Kier alpha value is -1.59. The molecule has 2 aliphatic heterocycles. The number of aliphatic carboxylic acids is 1. The number of carbonyl (C=O) groups excluding carboxylic acids is 2. The van der Waals surface area contributed by atoms with Gasteiger partial charge in [0, 0.05) is 13.5 Å². The van der Waals surface area contributed by atoms with Gasteiger partial charge in [-0.3, -0.25) is 9.69 Å². The largest absolute Gasteiger partial charge is 0.480 e. The first-order valence-corrected chi connectivity index (χ1v) is 4.85. The van der Waals surface area contributed by atoms with Crippen molar-refractivity contribution in [3.05, 3.63) is 0 Å². The van der Waals surface area contributed by atoms with E-state index in [0.717, 1.165) is 0 Å². The van der Waals surface area contributed by atoms with Gasteiger partial charge in [0.15, 0.2) is 0 Å². The Morgan fingerprint density at radius 3 is 2.60 bits per heavy atom. The summed E-state index contributed by atoms with van der Waals surface area (Å²) < 4.78 is 0. The zero-order valence-corrected chi connectivity index (χ0v) is 8.34. The molecule has 6 nitrogen and oxygen atoms in total. The number of nitrogens with zero attached hydrogens (tertiary/aromatic N) is 2. The maximum atomic E-state index is 11.7. The molecular formula is C9H12N2O4. The first kappa shape index (κ1) is 9.95. The van der Waals surface area contributed by atoms with E-state index < -0.39 is 18.0 Å². The topological polar surface area (TPSA) is 77.9 Å². The highest BCUT2D eigenvalue weighted by Gasteiger charge is 2.48. The van der Waals surface area contributed by atoms with Crippen molar-refractivity contribution >= 4 is 17.9 Å². The fourth-order valence-corrected chi connectivity index (χ4v) is 2.32. The molecule has 0 aromatic rings. The number of carboxylic acids is 1. The molecule has 0 aromatic carbocycles. The summed E-state index contributed by atoms with van der Waals surface area (Å²) in [6.07, 6.45) is 1.01. The van der Waals surface area contributed by atoms with Gasteiger partial charge in [-0.15, -0.1) is 0 Å². The molecule has 0 aromatic heterocycles. The van der Waals surface area contributed by atoms with Crippen LogP contribution in [0.1, 0.15) is 19.8 Å². The first-order chi connectivity index (χ1) is 7.02. The predicted molar refractivity (Wildman–Crippen MR) is 49.1 cm³/mol. The zero-order chi connectivity index (χ0) is 11.2. The van der Waals surface area contributed by atoms with E-state index in [0.29, 0.717) is 19.4 Å². The Bertz CT molecular complexity index is 341. The second-order valence-corrected chi connectivity index (χ2v) is 3.91. The van der Waals surface area contributed by atoms with Gasteiger partial charge in [0.05, 0.1) is 6.04 Å². The minimum absolute atomic E-state index is 0.134. The summed E-state index contributed by atoms with van der Waals surface area (Å²) in [6, 6.07) is -1.36. The van der Waals surface area contributed by atoms with E-state index in [1.807, 2.05) is 0 Å². The van der Waals surface area contributed by atoms with Crippen molar-refractivity contribution in [2.75, 3.05) is 6.54 Å². The van der Waals surface area contributed by atoms with Gasteiger partial charge in [-0.2, -0.15) is 0 Å². The molecule has 2 atom stereocenters. The molecule has 3 amide bonds. The quantitative estimate of drug-likeness (QED) is 0.657. The molecule has 0 radical (unpaired) electrons. The third-order valence-electron chi connectivity index (χ3n) is 3.00. The Morgan fingerprint density at radius 2 is 2.07 bits per heavy atom. The Labute approximate surface area is 86.4 Å². The van der Waals surface area contributed by atoms with E-state index in [1.54, 1.807) is 0 Å². The molecule has 2 bridgehead atoms. The van der Waals surface area contributed by atoms with Crippen molar-refractivity contribution in [2.24, 2.45) is 0 Å². The molecule has 2 rings (SSSR count). The second-order valence-electron chi connectivity index (χ2n) is 3.91. The van der Waals surface area contributed by atoms with Crippen molar-refractivity contribution in [2.45, 2.75) is 31.8 Å². The third-order valence-corrected chi connectivity index (χ3v) is 3.00. The van der Waals surface area contributed by atoms with Gasteiger partial charge in [-0.1, -0.05) is 0 Å². The van der Waals surface area contributed by atoms with Crippen molar-refractivity contribution < 1.29 is 19.5 Å². The van der Waals surface area contributed by atoms with E-state index in [4.69, 9.17) is 5.11 Å². The van der Waals surface area contributed by atoms with Crippen LogP contribution in [0, 0.1) is 0 Å². The summed E-state index contributed by atoms with van der Waals surface area (Å²) >= 11 is 0. The SMILES string of the molecule is CC(=O)N1C(=O)N2C[C@H]1CC[C@@H]2C(=O)O. The van der Waals surface area contributed by atoms with Crippen LogP contribution in [0.25, 0.3) is 0 Å². The molecule has 2 heterocycles. The summed E-state index contributed by atoms with van der Waals surface area (Å²) in [4.78, 5) is 36.2. The van der Waals surface area contributed by atoms with Gasteiger partial charge in [0.2, 0.25) is 5.91 Å². The van der Waals surface area contributed by atoms with Crippen LogP contribution in [-0.4, -0.2) is 51.4 Å². The fraction of sp³-hybridized carbons (Fsp3) is 0.667. The normalized spacial score (nSPS) is 29.5. The maximum absolute atomic E-state index is 11.7. The number of amides is 3. The molecular weight excluding hydrogens is 200 g/mol. The van der Waals surface area contributed by atoms with Crippen molar-refractivity contribution in [1.29, 1.82) is 0 Å². The van der Waals surface area contributed by atoms with E-state index in [1.165, 1.54) is 16.7 Å². The number of piperidine rings is 1. The summed E-state index contributed by atoms with van der Waals surface area (Å²) in [5.74, 6) is -1.30. The van der Waals surface area contributed by atoms with Crippen LogP contribution in [0.5, 0.6) is 0 Å². The summed E-state index contributed by atoms with van der Waals surface area (Å²) in [5, 5.41) is 8.90. The standard InChI is InChI=1S/C9H12N2O4/c1-5(12)11-6-2-3-7(8(13)14)10(4-6)9(11)15/h6-7H,2-4H2,1H3,(H,13,14)/t6-,7-/m1/s1. The smallest absolute Gasteiger partial charge is 0.327 e. The molecule has 15 heavy (non-hydrogen) atoms. The third kappa shape index (κ3) is 1.36. The lowest BCUT2D eigenvalue weighted by molar-refractivity contribution is -0.142. The highest BCUT2D eigenvalue weighted by molar-refractivity contribution is 5.97. The first-order valence-electron chi connectivity index (χ1n) is 4.85. The van der Waals surface area contributed by atoms with Crippen molar-refractivity contribution in [3.63, 3.8) is 0 Å². The second kappa shape index (κ2) is 3.22. The van der Waals surface area contributed by atoms with Crippen LogP contribution >= 0.6 is 0 Å². The molecule has 0 saturated carbocycles. The monoisotopic (exact) mass is 212 g/mol. The molecule has 2 fully saturated rings. The molecule has 0 aliphatic carbocycles. The molecule has 1 N–H and O–H groups in total. The van der Waals surface area contributed by atoms with Crippen LogP contribution in [0.4, 0.5) is 4.79 Å². The Balaban J connectivity index is 2.25. The lowest BCUT2D eigenvalue weighted by Crippen LogP contribution is -2.45. The number of fused-ring (bicyclic) bond motifs is 2. The number of urea groups is 1. The average Bonchev–Trinajstić information content (AvgIpc) is 2.39. The summed E-state index contributed by atoms with van der Waals surface area (Å²) in [7, 11) is 0. The lowest BCUT2D eigenvalue weighted by Gasteiger charge is -2.27. The number of carbonyl (C=O) groups is 3. The van der Waals surface area contributed by atoms with Gasteiger partial charge >= 0.3 is 12.0 Å². The molecule has 6 heteroatoms. The van der Waals surface area contributed by atoms with E-state index >= 15 is 0 Å². The van der Waals surface area contributed by atoms with Gasteiger partial charge < -0.3 is 10.0 Å². The summed E-state index contributed by atoms with van der Waals surface area (Å²) in [6.45, 7) is 1.69. The number of imide groups is 1. The Morgan fingerprint density at radius 1 is 1.40 bits per heavy atom. The Kier molecular flexibility index (Phi) is 2.13. The predicted octanol–water partition coefficient (Wildman–Crippen LogP) is -0.114. The molecule has 82 valence electrons. The minimum Gasteiger partial charge on any atom is -0.480 e. The van der Waals surface area contributed by atoms with Crippen LogP contribution in [0.15, 0.2) is 0 Å². The van der Waals surface area contributed by atoms with Crippen LogP contribution in [-0.2, 0) is 9.59 Å². The van der Waals surface area contributed by atoms with Gasteiger partial charge in [0.25, 0.3) is 0 Å². The number of carboxylic acid groups (broad SMARTS) is 1. The van der Waals surface area contributed by atoms with Gasteiger partial charge in [-0.05, 0) is 12.8 Å². The fourth-order valence-electron chi connectivity index (χ4n) is 2.32. The number of rotatable bonds is 1. The van der Waals surface area contributed by atoms with Crippen LogP contribution in [0.3, 0.4) is 0 Å². The zero-order valence-electron chi connectivity index (χ0n) is 8.34. The lowest BCUT2D eigenvalue weighted by atomic mass is 10.0. The van der Waals surface area contributed by atoms with Crippen LogP contribution in [0.2, 0.25) is 0 Å². The van der Waals surface area contributed by atoms with E-state index in [-0.39, 0.29) is 11.9 Å². The van der Waals surface area contributed by atoms with E-state index in [2.05, 4.69) is 0 Å². The maximum Gasteiger partial charge on any atom is 0.327 e. The van der Waals surface area contributed by atoms with E-state index in [9.17, 15) is 14.4 Å². The van der Waals surface area contributed by atoms with Gasteiger partial charge in [0.1, 0.15) is 6.04 Å². The number of hydrogen-bond donors (Lipinski definition) is 1. The molecule has 2 aliphatic rings. The molecule has 2 saturated heterocycles. The number of hydrogen-bond acceptors (Lipinski definition) is 3. The summed E-state index contributed by atoms with van der Waals surface area (Å²) in [5.41, 5.74) is 0. The van der Waals surface area contributed by atoms with Crippen molar-refractivity contribution in [3.8, 4) is 0 Å². The average molecular weight is 212 g/mol. The van der Waals surface area contributed by atoms with Crippen LogP contribution < -0.4 is 0 Å².